The molecule has 4 fully saturated rings. The molecule has 4 bridgehead atoms. The first-order valence-corrected chi connectivity index (χ1v) is 26.0. The Morgan fingerprint density at radius 2 is 0.843 bits per heavy atom. The third-order valence-electron chi connectivity index (χ3n) is 18.0. The number of hydrogen-bond acceptors (Lipinski definition) is 1. The largest absolute Gasteiger partial charge is 0.310 e. The van der Waals surface area contributed by atoms with E-state index in [1.54, 1.807) is 5.56 Å². The van der Waals surface area contributed by atoms with Gasteiger partial charge in [-0.3, -0.25) is 0 Å². The summed E-state index contributed by atoms with van der Waals surface area (Å²) in [7, 11) is 0. The van der Waals surface area contributed by atoms with Gasteiger partial charge in [0.1, 0.15) is 0 Å². The van der Waals surface area contributed by atoms with Crippen molar-refractivity contribution in [1.82, 2.24) is 0 Å². The summed E-state index contributed by atoms with van der Waals surface area (Å²) in [6, 6.07) is 80.9. The lowest BCUT2D eigenvalue weighted by atomic mass is 9.48. The smallest absolute Gasteiger partial charge is 0.0714 e. The lowest BCUT2D eigenvalue weighted by Gasteiger charge is -2.57. The Morgan fingerprint density at radius 3 is 1.44 bits per heavy atom. The summed E-state index contributed by atoms with van der Waals surface area (Å²) in [5.41, 5.74) is 24.3. The Bertz CT molecular complexity index is 3420. The highest BCUT2D eigenvalue weighted by Gasteiger charge is 2.52. The van der Waals surface area contributed by atoms with E-state index in [0.717, 1.165) is 23.4 Å². The van der Waals surface area contributed by atoms with E-state index in [1.807, 2.05) is 0 Å². The predicted molar refractivity (Wildman–Crippen MR) is 291 cm³/mol. The first-order chi connectivity index (χ1) is 34.3. The predicted octanol–water partition coefficient (Wildman–Crippen LogP) is 17.9. The third kappa shape index (κ3) is 6.16. The lowest BCUT2D eigenvalue weighted by molar-refractivity contribution is -0.00522. The Labute approximate surface area is 414 Å². The van der Waals surface area contributed by atoms with Gasteiger partial charge in [0.05, 0.1) is 11.1 Å². The summed E-state index contributed by atoms with van der Waals surface area (Å²) in [6.07, 6.45) is 8.57. The fourth-order valence-electron chi connectivity index (χ4n) is 15.3. The molecule has 0 radical (unpaired) electrons. The van der Waals surface area contributed by atoms with Gasteiger partial charge in [-0.05, 0) is 188 Å². The van der Waals surface area contributed by atoms with Crippen LogP contribution >= 0.6 is 0 Å². The fraction of sp³-hybridized carbons (Fsp3) is 0.217. The second kappa shape index (κ2) is 15.6. The van der Waals surface area contributed by atoms with Crippen molar-refractivity contribution in [2.45, 2.75) is 75.5 Å². The van der Waals surface area contributed by atoms with E-state index in [4.69, 9.17) is 0 Å². The van der Waals surface area contributed by atoms with Crippen LogP contribution < -0.4 is 4.90 Å². The van der Waals surface area contributed by atoms with Crippen molar-refractivity contribution >= 4 is 17.1 Å². The number of nitrogens with zero attached hydrogens (tertiary/aromatic N) is 1. The van der Waals surface area contributed by atoms with E-state index in [0.29, 0.717) is 5.41 Å². The molecule has 0 heterocycles. The molecule has 0 atom stereocenters. The number of fused-ring (bicyclic) bond motifs is 6. The quantitative estimate of drug-likeness (QED) is 0.147. The minimum Gasteiger partial charge on any atom is -0.310 e. The summed E-state index contributed by atoms with van der Waals surface area (Å²) in [4.78, 5) is 2.61. The molecule has 0 spiro atoms. The average molecular weight is 902 g/mol. The number of benzene rings is 9. The second-order valence-corrected chi connectivity index (χ2v) is 22.3. The van der Waals surface area contributed by atoms with Crippen LogP contribution in [0.25, 0.3) is 44.5 Å². The highest BCUT2D eigenvalue weighted by Crippen LogP contribution is 2.63. The van der Waals surface area contributed by atoms with Crippen LogP contribution in [0.3, 0.4) is 0 Å². The first-order valence-electron chi connectivity index (χ1n) is 26.0. The van der Waals surface area contributed by atoms with Crippen molar-refractivity contribution in [2.24, 2.45) is 17.8 Å². The highest BCUT2D eigenvalue weighted by atomic mass is 15.1. The molecule has 0 saturated heterocycles. The number of hydrogen-bond donors (Lipinski definition) is 0. The molecule has 15 rings (SSSR count). The SMILES string of the molecule is Cc1cc(-c2ccccc2)cc(-c2ccccc2)c1N(c1ccc2c(c1)C(C)(C)c1cc(C34CC5CC(CC(C5)C3)C4)ccc1-2)c1ccc2c(c1)C(c1ccccc1)(c1ccccc1)c1ccccc1-2. The van der Waals surface area contributed by atoms with Gasteiger partial charge in [-0.15, -0.1) is 0 Å². The van der Waals surface area contributed by atoms with Gasteiger partial charge in [-0.1, -0.05) is 190 Å². The van der Waals surface area contributed by atoms with Crippen LogP contribution in [0.4, 0.5) is 17.1 Å². The minimum absolute atomic E-state index is 0.172. The molecule has 70 heavy (non-hydrogen) atoms. The normalized spacial score (nSPS) is 21.4. The van der Waals surface area contributed by atoms with Gasteiger partial charge in [0, 0.05) is 22.4 Å². The molecule has 340 valence electrons. The summed E-state index contributed by atoms with van der Waals surface area (Å²) >= 11 is 0. The van der Waals surface area contributed by atoms with E-state index in [-0.39, 0.29) is 5.41 Å². The zero-order valence-electron chi connectivity index (χ0n) is 40.6. The molecule has 0 aromatic heterocycles. The molecule has 0 N–H and O–H groups in total. The summed E-state index contributed by atoms with van der Waals surface area (Å²) < 4.78 is 0. The third-order valence-corrected chi connectivity index (χ3v) is 18.0. The van der Waals surface area contributed by atoms with Crippen molar-refractivity contribution in [2.75, 3.05) is 4.90 Å². The Hall–Kier alpha value is -7.22. The van der Waals surface area contributed by atoms with E-state index < -0.39 is 5.41 Å². The van der Waals surface area contributed by atoms with Crippen LogP contribution in [-0.2, 0) is 16.2 Å². The van der Waals surface area contributed by atoms with Gasteiger partial charge in [0.25, 0.3) is 0 Å². The topological polar surface area (TPSA) is 3.24 Å². The molecule has 9 aromatic carbocycles. The van der Waals surface area contributed by atoms with Crippen LogP contribution in [0.5, 0.6) is 0 Å². The van der Waals surface area contributed by atoms with Gasteiger partial charge in [-0.2, -0.15) is 0 Å². The Kier molecular flexibility index (Phi) is 9.33. The minimum atomic E-state index is -0.527. The van der Waals surface area contributed by atoms with Gasteiger partial charge in [-0.25, -0.2) is 0 Å². The first kappa shape index (κ1) is 41.7. The van der Waals surface area contributed by atoms with E-state index in [1.165, 1.54) is 133 Å². The molecule has 9 aromatic rings. The van der Waals surface area contributed by atoms with Crippen LogP contribution in [0.1, 0.15) is 96.9 Å². The maximum Gasteiger partial charge on any atom is 0.0714 e. The van der Waals surface area contributed by atoms with Crippen molar-refractivity contribution in [3.8, 4) is 44.5 Å². The molecule has 0 unspecified atom stereocenters. The standard InChI is InChI=1S/C69H59N/c1-45-34-51(49-18-8-4-9-19-49)38-61(50-20-10-5-11-21-50)66(45)70(56-30-33-60-57-26-16-17-27-62(57)69(65(60)41-56,52-22-12-6-13-23-52)53-24-14-7-15-25-53)55-29-32-59-58-31-28-54(39-63(58)67(2,3)64(59)40-55)68-42-46-35-47(43-68)37-48(36-46)44-68/h4-34,38-41,46-48H,35-37,42-44H2,1-3H3. The zero-order valence-corrected chi connectivity index (χ0v) is 40.6. The molecule has 6 aliphatic rings. The lowest BCUT2D eigenvalue weighted by Crippen LogP contribution is -2.48. The maximum atomic E-state index is 2.69. The van der Waals surface area contributed by atoms with E-state index >= 15 is 0 Å². The van der Waals surface area contributed by atoms with Gasteiger partial charge in [0.15, 0.2) is 0 Å². The van der Waals surface area contributed by atoms with Crippen LogP contribution in [-0.4, -0.2) is 0 Å². The molecule has 0 aliphatic heterocycles. The van der Waals surface area contributed by atoms with Crippen molar-refractivity contribution in [3.63, 3.8) is 0 Å². The molecular weight excluding hydrogens is 843 g/mol. The maximum absolute atomic E-state index is 2.69. The number of anilines is 3. The Morgan fingerprint density at radius 1 is 0.371 bits per heavy atom. The zero-order chi connectivity index (χ0) is 46.8. The average Bonchev–Trinajstić information content (AvgIpc) is 3.82. The molecule has 6 aliphatic carbocycles. The summed E-state index contributed by atoms with van der Waals surface area (Å²) in [5, 5.41) is 0. The molecule has 1 nitrogen and oxygen atoms in total. The molecule has 0 amide bonds. The van der Waals surface area contributed by atoms with Gasteiger partial charge in [0.2, 0.25) is 0 Å². The van der Waals surface area contributed by atoms with Crippen molar-refractivity contribution in [1.29, 1.82) is 0 Å². The van der Waals surface area contributed by atoms with Crippen LogP contribution in [0.15, 0.2) is 212 Å². The second-order valence-electron chi connectivity index (χ2n) is 22.3. The van der Waals surface area contributed by atoms with E-state index in [2.05, 4.69) is 238 Å². The molecule has 1 heteroatoms. The summed E-state index contributed by atoms with van der Waals surface area (Å²) in [5.74, 6) is 2.76. The fourth-order valence-corrected chi connectivity index (χ4v) is 15.3. The van der Waals surface area contributed by atoms with Gasteiger partial charge < -0.3 is 4.90 Å². The molecular formula is C69H59N. The van der Waals surface area contributed by atoms with Crippen molar-refractivity contribution < 1.29 is 0 Å². The van der Waals surface area contributed by atoms with E-state index in [9.17, 15) is 0 Å². The summed E-state index contributed by atoms with van der Waals surface area (Å²) in [6.45, 7) is 7.30. The van der Waals surface area contributed by atoms with Crippen LogP contribution in [0, 0.1) is 24.7 Å². The number of aryl methyl sites for hydroxylation is 1. The van der Waals surface area contributed by atoms with Crippen LogP contribution in [0.2, 0.25) is 0 Å². The monoisotopic (exact) mass is 901 g/mol. The highest BCUT2D eigenvalue weighted by molar-refractivity contribution is 5.96. The molecule has 4 saturated carbocycles. The van der Waals surface area contributed by atoms with Gasteiger partial charge >= 0.3 is 0 Å². The number of rotatable bonds is 8. The van der Waals surface area contributed by atoms with Crippen molar-refractivity contribution in [3.05, 3.63) is 257 Å². The Balaban J connectivity index is 0.997.